The van der Waals surface area contributed by atoms with Crippen LogP contribution in [0.25, 0.3) is 0 Å². The first kappa shape index (κ1) is 20.8. The molecule has 2 rings (SSSR count). The van der Waals surface area contributed by atoms with Crippen molar-refractivity contribution in [3.63, 3.8) is 0 Å². The second kappa shape index (κ2) is 10.6. The zero-order chi connectivity index (χ0) is 18.9. The maximum absolute atomic E-state index is 6.42. The van der Waals surface area contributed by atoms with E-state index in [0.29, 0.717) is 34.7 Å². The number of halogens is 2. The Labute approximate surface area is 166 Å². The summed E-state index contributed by atoms with van der Waals surface area (Å²) in [5.74, 6) is 1.30. The lowest BCUT2D eigenvalue weighted by molar-refractivity contribution is 0.284. The van der Waals surface area contributed by atoms with E-state index in [1.165, 1.54) is 0 Å². The highest BCUT2D eigenvalue weighted by Crippen LogP contribution is 2.34. The van der Waals surface area contributed by atoms with Crippen molar-refractivity contribution < 1.29 is 9.47 Å². The van der Waals surface area contributed by atoms with Crippen LogP contribution >= 0.6 is 23.2 Å². The molecule has 1 N–H and O–H groups in total. The van der Waals surface area contributed by atoms with Gasteiger partial charge in [-0.2, -0.15) is 0 Å². The third-order valence-electron chi connectivity index (χ3n) is 3.91. The van der Waals surface area contributed by atoms with Gasteiger partial charge in [0.25, 0.3) is 0 Å². The largest absolute Gasteiger partial charge is 0.493 e. The first-order chi connectivity index (χ1) is 12.5. The third-order valence-corrected chi connectivity index (χ3v) is 4.52. The number of nitrogens with zero attached hydrogens (tertiary/aromatic N) is 1. The van der Waals surface area contributed by atoms with Gasteiger partial charge in [0.05, 0.1) is 7.11 Å². The van der Waals surface area contributed by atoms with Gasteiger partial charge >= 0.3 is 0 Å². The molecule has 2 aromatic rings. The van der Waals surface area contributed by atoms with E-state index < -0.39 is 0 Å². The monoisotopic (exact) mass is 396 g/mol. The number of rotatable bonds is 10. The molecule has 2 aromatic carbocycles. The zero-order valence-corrected chi connectivity index (χ0v) is 17.0. The quantitative estimate of drug-likeness (QED) is 0.593. The van der Waals surface area contributed by atoms with Gasteiger partial charge in [0, 0.05) is 22.7 Å². The van der Waals surface area contributed by atoms with Gasteiger partial charge in [0.15, 0.2) is 11.5 Å². The number of nitrogens with one attached hydrogen (secondary N) is 1. The summed E-state index contributed by atoms with van der Waals surface area (Å²) in [4.78, 5) is 2.17. The maximum atomic E-state index is 6.42. The molecule has 0 saturated heterocycles. The molecule has 0 aliphatic carbocycles. The number of benzene rings is 2. The van der Waals surface area contributed by atoms with Crippen molar-refractivity contribution in [3.05, 3.63) is 57.6 Å². The van der Waals surface area contributed by atoms with Crippen LogP contribution in [0.15, 0.2) is 36.4 Å². The minimum Gasteiger partial charge on any atom is -0.493 e. The second-order valence-corrected chi connectivity index (χ2v) is 7.19. The maximum Gasteiger partial charge on any atom is 0.163 e. The van der Waals surface area contributed by atoms with Crippen LogP contribution in [0.3, 0.4) is 0 Å². The van der Waals surface area contributed by atoms with Gasteiger partial charge in [-0.15, -0.1) is 0 Å². The van der Waals surface area contributed by atoms with Crippen LogP contribution < -0.4 is 14.8 Å². The third kappa shape index (κ3) is 6.69. The Morgan fingerprint density at radius 3 is 2.42 bits per heavy atom. The molecule has 0 aliphatic heterocycles. The molecule has 0 aromatic heterocycles. The summed E-state index contributed by atoms with van der Waals surface area (Å²) in [6.45, 7) is 3.11. The highest BCUT2D eigenvalue weighted by atomic mass is 35.5. The van der Waals surface area contributed by atoms with E-state index in [9.17, 15) is 0 Å². The van der Waals surface area contributed by atoms with E-state index in [1.807, 2.05) is 36.4 Å². The van der Waals surface area contributed by atoms with Gasteiger partial charge in [0.2, 0.25) is 0 Å². The first-order valence-corrected chi connectivity index (χ1v) is 9.34. The van der Waals surface area contributed by atoms with Gasteiger partial charge in [0.1, 0.15) is 6.61 Å². The normalized spacial score (nSPS) is 11.0. The Kier molecular flexibility index (Phi) is 8.52. The van der Waals surface area contributed by atoms with Crippen molar-refractivity contribution in [2.24, 2.45) is 0 Å². The van der Waals surface area contributed by atoms with Gasteiger partial charge in [-0.3, -0.25) is 0 Å². The van der Waals surface area contributed by atoms with Gasteiger partial charge < -0.3 is 19.7 Å². The highest BCUT2D eigenvalue weighted by molar-refractivity contribution is 6.31. The molecule has 6 heteroatoms. The minimum absolute atomic E-state index is 0.423. The first-order valence-electron chi connectivity index (χ1n) is 8.58. The van der Waals surface area contributed by atoms with E-state index in [1.54, 1.807) is 7.11 Å². The smallest absolute Gasteiger partial charge is 0.163 e. The topological polar surface area (TPSA) is 33.7 Å². The Balaban J connectivity index is 1.95. The molecule has 0 atom stereocenters. The molecule has 0 heterocycles. The molecule has 26 heavy (non-hydrogen) atoms. The summed E-state index contributed by atoms with van der Waals surface area (Å²) < 4.78 is 11.3. The molecular formula is C20H26Cl2N2O2. The summed E-state index contributed by atoms with van der Waals surface area (Å²) in [7, 11) is 5.78. The molecule has 0 bridgehead atoms. The van der Waals surface area contributed by atoms with Gasteiger partial charge in [-0.25, -0.2) is 0 Å². The van der Waals surface area contributed by atoms with Crippen LogP contribution in [0, 0.1) is 0 Å². The fourth-order valence-electron chi connectivity index (χ4n) is 2.47. The lowest BCUT2D eigenvalue weighted by Gasteiger charge is -2.15. The molecule has 0 aliphatic rings. The Morgan fingerprint density at radius 1 is 1.04 bits per heavy atom. The Morgan fingerprint density at radius 2 is 1.77 bits per heavy atom. The lowest BCUT2D eigenvalue weighted by Crippen LogP contribution is -2.21. The standard InChI is InChI=1S/C20H26Cl2N2O2/c1-24(2)10-4-9-23-13-16-11-19(25-3)20(12-18(16)22)26-14-15-5-7-17(21)8-6-15/h5-8,11-12,23H,4,9-10,13-14H2,1-3H3. The summed E-state index contributed by atoms with van der Waals surface area (Å²) >= 11 is 12.3. The van der Waals surface area contributed by atoms with E-state index >= 15 is 0 Å². The average Bonchev–Trinajstić information content (AvgIpc) is 2.62. The summed E-state index contributed by atoms with van der Waals surface area (Å²) in [6, 6.07) is 11.3. The molecule has 0 saturated carbocycles. The SMILES string of the molecule is COc1cc(CNCCCN(C)C)c(Cl)cc1OCc1ccc(Cl)cc1. The van der Waals surface area contributed by atoms with E-state index in [2.05, 4.69) is 24.3 Å². The van der Waals surface area contributed by atoms with Crippen molar-refractivity contribution >= 4 is 23.2 Å². The predicted molar refractivity (Wildman–Crippen MR) is 109 cm³/mol. The zero-order valence-electron chi connectivity index (χ0n) is 15.5. The van der Waals surface area contributed by atoms with Crippen LogP contribution in [0.5, 0.6) is 11.5 Å². The van der Waals surface area contributed by atoms with E-state index in [4.69, 9.17) is 32.7 Å². The van der Waals surface area contributed by atoms with Gasteiger partial charge in [-0.1, -0.05) is 35.3 Å². The molecule has 0 unspecified atom stereocenters. The number of methoxy groups -OCH3 is 1. The van der Waals surface area contributed by atoms with Crippen LogP contribution in [-0.4, -0.2) is 39.2 Å². The Bertz CT molecular complexity index is 691. The predicted octanol–water partition coefficient (Wildman–Crippen LogP) is 4.62. The Hall–Kier alpha value is -1.46. The molecule has 0 spiro atoms. The average molecular weight is 397 g/mol. The number of hydrogen-bond acceptors (Lipinski definition) is 4. The summed E-state index contributed by atoms with van der Waals surface area (Å²) in [5, 5.41) is 4.78. The molecular weight excluding hydrogens is 371 g/mol. The van der Waals surface area contributed by atoms with Crippen molar-refractivity contribution in [2.75, 3.05) is 34.3 Å². The molecule has 0 fully saturated rings. The van der Waals surface area contributed by atoms with Crippen LogP contribution in [-0.2, 0) is 13.2 Å². The lowest BCUT2D eigenvalue weighted by atomic mass is 10.2. The van der Waals surface area contributed by atoms with Gasteiger partial charge in [-0.05, 0) is 62.9 Å². The van der Waals surface area contributed by atoms with Crippen LogP contribution in [0.2, 0.25) is 10.0 Å². The molecule has 4 nitrogen and oxygen atoms in total. The molecule has 0 amide bonds. The molecule has 142 valence electrons. The highest BCUT2D eigenvalue weighted by Gasteiger charge is 2.11. The fraction of sp³-hybridized carbons (Fsp3) is 0.400. The van der Waals surface area contributed by atoms with Crippen molar-refractivity contribution in [1.82, 2.24) is 10.2 Å². The van der Waals surface area contributed by atoms with Crippen molar-refractivity contribution in [2.45, 2.75) is 19.6 Å². The molecule has 0 radical (unpaired) electrons. The number of ether oxygens (including phenoxy) is 2. The summed E-state index contributed by atoms with van der Waals surface area (Å²) in [6.07, 6.45) is 1.09. The minimum atomic E-state index is 0.423. The van der Waals surface area contributed by atoms with Crippen molar-refractivity contribution in [1.29, 1.82) is 0 Å². The second-order valence-electron chi connectivity index (χ2n) is 6.34. The number of hydrogen-bond donors (Lipinski definition) is 1. The van der Waals surface area contributed by atoms with Crippen LogP contribution in [0.1, 0.15) is 17.5 Å². The van der Waals surface area contributed by atoms with Crippen molar-refractivity contribution in [3.8, 4) is 11.5 Å². The van der Waals surface area contributed by atoms with E-state index in [-0.39, 0.29) is 0 Å². The summed E-state index contributed by atoms with van der Waals surface area (Å²) in [5.41, 5.74) is 2.02. The van der Waals surface area contributed by atoms with E-state index in [0.717, 1.165) is 30.6 Å². The van der Waals surface area contributed by atoms with Crippen LogP contribution in [0.4, 0.5) is 0 Å². The fourth-order valence-corrected chi connectivity index (χ4v) is 2.82.